The van der Waals surface area contributed by atoms with Gasteiger partial charge in [0, 0.05) is 45.1 Å². The van der Waals surface area contributed by atoms with Gasteiger partial charge in [-0.1, -0.05) is 6.07 Å². The summed E-state index contributed by atoms with van der Waals surface area (Å²) in [6, 6.07) is 7.34. The summed E-state index contributed by atoms with van der Waals surface area (Å²) in [5.74, 6) is 1.50. The molecule has 0 atom stereocenters. The Morgan fingerprint density at radius 1 is 1.14 bits per heavy atom. The molecule has 3 rings (SSSR count). The molecule has 116 valence electrons. The van der Waals surface area contributed by atoms with E-state index in [1.54, 1.807) is 25.6 Å². The number of aromatic hydroxyl groups is 1. The Hall–Kier alpha value is -2.34. The van der Waals surface area contributed by atoms with Gasteiger partial charge in [0.05, 0.1) is 7.11 Å². The van der Waals surface area contributed by atoms with Crippen molar-refractivity contribution in [1.82, 2.24) is 14.9 Å². The molecule has 0 unspecified atom stereocenters. The van der Waals surface area contributed by atoms with Crippen LogP contribution in [0.1, 0.15) is 5.56 Å². The molecule has 1 N–H and O–H groups in total. The second-order valence-electron chi connectivity index (χ2n) is 5.32. The van der Waals surface area contributed by atoms with E-state index in [9.17, 15) is 5.11 Å². The molecule has 6 heteroatoms. The fourth-order valence-electron chi connectivity index (χ4n) is 2.64. The van der Waals surface area contributed by atoms with Gasteiger partial charge < -0.3 is 14.7 Å². The van der Waals surface area contributed by atoms with Gasteiger partial charge in [-0.25, -0.2) is 9.97 Å². The van der Waals surface area contributed by atoms with Crippen LogP contribution in [-0.2, 0) is 6.54 Å². The van der Waals surface area contributed by atoms with E-state index in [-0.39, 0.29) is 5.75 Å². The molecule has 0 radical (unpaired) electrons. The molecule has 2 aromatic rings. The highest BCUT2D eigenvalue weighted by atomic mass is 16.5. The maximum Gasteiger partial charge on any atom is 0.225 e. The molecule has 1 aromatic heterocycles. The highest BCUT2D eigenvalue weighted by molar-refractivity contribution is 5.41. The molecule has 0 bridgehead atoms. The number of phenolic OH excluding ortho intramolecular Hbond substituents is 1. The molecule has 1 saturated heterocycles. The zero-order chi connectivity index (χ0) is 15.4. The lowest BCUT2D eigenvalue weighted by Crippen LogP contribution is -2.46. The third kappa shape index (κ3) is 3.28. The molecule has 6 nitrogen and oxygen atoms in total. The number of benzene rings is 1. The van der Waals surface area contributed by atoms with Crippen molar-refractivity contribution in [3.05, 3.63) is 42.2 Å². The lowest BCUT2D eigenvalue weighted by Gasteiger charge is -2.34. The van der Waals surface area contributed by atoms with Crippen molar-refractivity contribution in [2.24, 2.45) is 0 Å². The maximum absolute atomic E-state index is 9.64. The van der Waals surface area contributed by atoms with E-state index in [0.717, 1.165) is 44.2 Å². The SMILES string of the molecule is COc1cc(CN2CCN(c3ncccn3)CC2)ccc1O. The first-order valence-corrected chi connectivity index (χ1v) is 7.36. The molecule has 22 heavy (non-hydrogen) atoms. The van der Waals surface area contributed by atoms with E-state index in [1.807, 2.05) is 18.2 Å². The van der Waals surface area contributed by atoms with Gasteiger partial charge in [0.1, 0.15) is 0 Å². The quantitative estimate of drug-likeness (QED) is 0.923. The molecule has 2 heterocycles. The average molecular weight is 300 g/mol. The Morgan fingerprint density at radius 3 is 2.55 bits per heavy atom. The van der Waals surface area contributed by atoms with Gasteiger partial charge in [-0.2, -0.15) is 0 Å². The second kappa shape index (κ2) is 6.62. The highest BCUT2D eigenvalue weighted by Crippen LogP contribution is 2.27. The highest BCUT2D eigenvalue weighted by Gasteiger charge is 2.19. The number of ether oxygens (including phenoxy) is 1. The van der Waals surface area contributed by atoms with Gasteiger partial charge in [-0.3, -0.25) is 4.90 Å². The van der Waals surface area contributed by atoms with Gasteiger partial charge in [0.25, 0.3) is 0 Å². The summed E-state index contributed by atoms with van der Waals surface area (Å²) in [5, 5.41) is 9.64. The Balaban J connectivity index is 1.58. The van der Waals surface area contributed by atoms with E-state index >= 15 is 0 Å². The number of aromatic nitrogens is 2. The zero-order valence-electron chi connectivity index (χ0n) is 12.6. The van der Waals surface area contributed by atoms with Crippen LogP contribution in [0, 0.1) is 0 Å². The number of piperazine rings is 1. The molecule has 1 aromatic carbocycles. The van der Waals surface area contributed by atoms with E-state index in [2.05, 4.69) is 19.8 Å². The number of phenols is 1. The van der Waals surface area contributed by atoms with Crippen molar-refractivity contribution in [1.29, 1.82) is 0 Å². The Morgan fingerprint density at radius 2 is 1.86 bits per heavy atom. The predicted octanol–water partition coefficient (Wildman–Crippen LogP) is 1.51. The third-order valence-electron chi connectivity index (χ3n) is 3.86. The molecule has 0 amide bonds. The maximum atomic E-state index is 9.64. The largest absolute Gasteiger partial charge is 0.504 e. The minimum Gasteiger partial charge on any atom is -0.504 e. The smallest absolute Gasteiger partial charge is 0.225 e. The molecule has 0 spiro atoms. The lowest BCUT2D eigenvalue weighted by atomic mass is 10.1. The monoisotopic (exact) mass is 300 g/mol. The molecule has 0 aliphatic carbocycles. The minimum atomic E-state index is 0.178. The summed E-state index contributed by atoms with van der Waals surface area (Å²) in [6.45, 7) is 4.60. The van der Waals surface area contributed by atoms with Crippen LogP contribution in [0.4, 0.5) is 5.95 Å². The summed E-state index contributed by atoms with van der Waals surface area (Å²) in [5.41, 5.74) is 1.14. The van der Waals surface area contributed by atoms with Crippen LogP contribution in [0.5, 0.6) is 11.5 Å². The molecule has 1 fully saturated rings. The van der Waals surface area contributed by atoms with Crippen LogP contribution in [0.25, 0.3) is 0 Å². The molecule has 1 aliphatic rings. The average Bonchev–Trinajstić information content (AvgIpc) is 2.58. The lowest BCUT2D eigenvalue weighted by molar-refractivity contribution is 0.248. The van der Waals surface area contributed by atoms with E-state index in [0.29, 0.717) is 5.75 Å². The summed E-state index contributed by atoms with van der Waals surface area (Å²) >= 11 is 0. The summed E-state index contributed by atoms with van der Waals surface area (Å²) in [4.78, 5) is 13.2. The Kier molecular flexibility index (Phi) is 4.39. The molecule has 0 saturated carbocycles. The molecule has 1 aliphatic heterocycles. The van der Waals surface area contributed by atoms with E-state index in [1.165, 1.54) is 0 Å². The van der Waals surface area contributed by atoms with Crippen LogP contribution in [0.15, 0.2) is 36.7 Å². The third-order valence-corrected chi connectivity index (χ3v) is 3.86. The van der Waals surface area contributed by atoms with Crippen LogP contribution in [0.3, 0.4) is 0 Å². The van der Waals surface area contributed by atoms with Crippen LogP contribution in [0.2, 0.25) is 0 Å². The van der Waals surface area contributed by atoms with Gasteiger partial charge in [0.15, 0.2) is 11.5 Å². The number of methoxy groups -OCH3 is 1. The number of hydrogen-bond donors (Lipinski definition) is 1. The molecular formula is C16H20N4O2. The van der Waals surface area contributed by atoms with Crippen molar-refractivity contribution < 1.29 is 9.84 Å². The first-order valence-electron chi connectivity index (χ1n) is 7.36. The van der Waals surface area contributed by atoms with E-state index in [4.69, 9.17) is 4.74 Å². The van der Waals surface area contributed by atoms with Crippen molar-refractivity contribution in [2.75, 3.05) is 38.2 Å². The summed E-state index contributed by atoms with van der Waals surface area (Å²) in [7, 11) is 1.57. The number of anilines is 1. The molecular weight excluding hydrogens is 280 g/mol. The number of nitrogens with zero attached hydrogens (tertiary/aromatic N) is 4. The standard InChI is InChI=1S/C16H20N4O2/c1-22-15-11-13(3-4-14(15)21)12-19-7-9-20(10-8-19)16-17-5-2-6-18-16/h2-6,11,21H,7-10,12H2,1H3. The van der Waals surface area contributed by atoms with Crippen molar-refractivity contribution in [3.8, 4) is 11.5 Å². The van der Waals surface area contributed by atoms with Crippen molar-refractivity contribution in [3.63, 3.8) is 0 Å². The number of rotatable bonds is 4. The normalized spacial score (nSPS) is 15.8. The van der Waals surface area contributed by atoms with Gasteiger partial charge in [-0.15, -0.1) is 0 Å². The topological polar surface area (TPSA) is 61.7 Å². The van der Waals surface area contributed by atoms with Crippen LogP contribution < -0.4 is 9.64 Å². The Bertz CT molecular complexity index is 613. The van der Waals surface area contributed by atoms with Gasteiger partial charge >= 0.3 is 0 Å². The Labute approximate surface area is 130 Å². The fraction of sp³-hybridized carbons (Fsp3) is 0.375. The number of hydrogen-bond acceptors (Lipinski definition) is 6. The first kappa shape index (κ1) is 14.6. The summed E-state index contributed by atoms with van der Waals surface area (Å²) in [6.07, 6.45) is 3.55. The van der Waals surface area contributed by atoms with Crippen molar-refractivity contribution >= 4 is 5.95 Å². The van der Waals surface area contributed by atoms with Crippen molar-refractivity contribution in [2.45, 2.75) is 6.54 Å². The van der Waals surface area contributed by atoms with E-state index < -0.39 is 0 Å². The van der Waals surface area contributed by atoms with Crippen LogP contribution in [-0.4, -0.2) is 53.3 Å². The minimum absolute atomic E-state index is 0.178. The zero-order valence-corrected chi connectivity index (χ0v) is 12.6. The predicted molar refractivity (Wildman–Crippen MR) is 84.2 cm³/mol. The second-order valence-corrected chi connectivity index (χ2v) is 5.32. The van der Waals surface area contributed by atoms with Crippen LogP contribution >= 0.6 is 0 Å². The van der Waals surface area contributed by atoms with Gasteiger partial charge in [0.2, 0.25) is 5.95 Å². The summed E-state index contributed by atoms with van der Waals surface area (Å²) < 4.78 is 5.16. The fourth-order valence-corrected chi connectivity index (χ4v) is 2.64. The first-order chi connectivity index (χ1) is 10.8. The van der Waals surface area contributed by atoms with Gasteiger partial charge in [-0.05, 0) is 23.8 Å².